The first-order valence-corrected chi connectivity index (χ1v) is 9.05. The molecule has 29 heavy (non-hydrogen) atoms. The maximum atomic E-state index is 14.1. The fourth-order valence-electron chi connectivity index (χ4n) is 3.19. The summed E-state index contributed by atoms with van der Waals surface area (Å²) in [6.07, 6.45) is 0. The van der Waals surface area contributed by atoms with Gasteiger partial charge in [-0.05, 0) is 61.5 Å². The molecule has 2 aromatic rings. The average Bonchev–Trinajstić information content (AvgIpc) is 2.69. The number of anilines is 1. The fraction of sp³-hybridized carbons (Fsp3) is 0.200. The molecule has 1 atom stereocenters. The van der Waals surface area contributed by atoms with Crippen LogP contribution < -0.4 is 10.2 Å². The molecular weight excluding hydrogens is 397 g/mol. The van der Waals surface area contributed by atoms with Crippen molar-refractivity contribution in [2.45, 2.75) is 19.9 Å². The Morgan fingerprint density at radius 1 is 1.24 bits per heavy atom. The van der Waals surface area contributed by atoms with E-state index >= 15 is 0 Å². The van der Waals surface area contributed by atoms with Crippen LogP contribution in [0, 0.1) is 22.9 Å². The number of non-ortho nitro benzene ring substituents is 1. The van der Waals surface area contributed by atoms with Crippen molar-refractivity contribution in [1.82, 2.24) is 5.32 Å². The van der Waals surface area contributed by atoms with Gasteiger partial charge in [-0.1, -0.05) is 6.07 Å². The Morgan fingerprint density at radius 2 is 1.90 bits per heavy atom. The van der Waals surface area contributed by atoms with Crippen molar-refractivity contribution >= 4 is 34.7 Å². The summed E-state index contributed by atoms with van der Waals surface area (Å²) in [5, 5.41) is 14.2. The highest BCUT2D eigenvalue weighted by Gasteiger charge is 2.35. The van der Waals surface area contributed by atoms with Gasteiger partial charge in [-0.3, -0.25) is 15.0 Å². The number of nitrogens with one attached hydrogen (secondary N) is 1. The van der Waals surface area contributed by atoms with E-state index < -0.39 is 22.8 Å². The lowest BCUT2D eigenvalue weighted by atomic mass is 9.94. The Kier molecular flexibility index (Phi) is 5.60. The van der Waals surface area contributed by atoms with Crippen LogP contribution in [0.15, 0.2) is 53.7 Å². The second-order valence-corrected chi connectivity index (χ2v) is 6.88. The van der Waals surface area contributed by atoms with Crippen LogP contribution in [0.4, 0.5) is 15.8 Å². The molecule has 0 spiro atoms. The highest BCUT2D eigenvalue weighted by molar-refractivity contribution is 7.80. The van der Waals surface area contributed by atoms with E-state index in [2.05, 4.69) is 5.32 Å². The lowest BCUT2D eigenvalue weighted by molar-refractivity contribution is -0.384. The van der Waals surface area contributed by atoms with Gasteiger partial charge in [-0.25, -0.2) is 9.18 Å². The molecule has 0 aromatic heterocycles. The number of halogens is 1. The first kappa shape index (κ1) is 20.4. The monoisotopic (exact) mass is 415 g/mol. The van der Waals surface area contributed by atoms with Crippen molar-refractivity contribution in [3.8, 4) is 0 Å². The van der Waals surface area contributed by atoms with Crippen LogP contribution in [0.3, 0.4) is 0 Å². The minimum absolute atomic E-state index is 0.0655. The van der Waals surface area contributed by atoms with Crippen LogP contribution in [0.2, 0.25) is 0 Å². The van der Waals surface area contributed by atoms with E-state index in [4.69, 9.17) is 17.0 Å². The highest BCUT2D eigenvalue weighted by Crippen LogP contribution is 2.35. The maximum Gasteiger partial charge on any atom is 0.337 e. The average molecular weight is 415 g/mol. The molecule has 0 amide bonds. The normalized spacial score (nSPS) is 16.5. The van der Waals surface area contributed by atoms with E-state index in [1.165, 1.54) is 25.3 Å². The molecule has 1 aliphatic rings. The van der Waals surface area contributed by atoms with Gasteiger partial charge in [0.1, 0.15) is 5.82 Å². The Morgan fingerprint density at radius 3 is 2.45 bits per heavy atom. The van der Waals surface area contributed by atoms with E-state index in [0.717, 1.165) is 0 Å². The Hall–Kier alpha value is -3.33. The number of methoxy groups -OCH3 is 1. The van der Waals surface area contributed by atoms with Gasteiger partial charge in [-0.15, -0.1) is 0 Å². The number of rotatable bonds is 4. The van der Waals surface area contributed by atoms with Gasteiger partial charge in [0, 0.05) is 17.8 Å². The number of aryl methyl sites for hydroxylation is 1. The molecule has 0 fully saturated rings. The minimum Gasteiger partial charge on any atom is -0.466 e. The van der Waals surface area contributed by atoms with Crippen molar-refractivity contribution < 1.29 is 18.8 Å². The molecule has 0 saturated heterocycles. The molecule has 3 rings (SSSR count). The first-order chi connectivity index (χ1) is 13.7. The Bertz CT molecular complexity index is 1040. The van der Waals surface area contributed by atoms with Gasteiger partial charge in [-0.2, -0.15) is 0 Å². The molecule has 7 nitrogen and oxygen atoms in total. The molecular formula is C20H18FN3O4S. The third-order valence-electron chi connectivity index (χ3n) is 4.74. The number of thiocarbonyl (C=S) groups is 1. The zero-order valence-electron chi connectivity index (χ0n) is 15.9. The van der Waals surface area contributed by atoms with Crippen LogP contribution in [-0.4, -0.2) is 23.1 Å². The van der Waals surface area contributed by atoms with E-state index in [1.807, 2.05) is 0 Å². The molecule has 0 unspecified atom stereocenters. The largest absolute Gasteiger partial charge is 0.466 e. The lowest BCUT2D eigenvalue weighted by Gasteiger charge is -2.37. The number of hydrogen-bond acceptors (Lipinski definition) is 5. The summed E-state index contributed by atoms with van der Waals surface area (Å²) < 4.78 is 19.0. The van der Waals surface area contributed by atoms with Crippen molar-refractivity contribution in [3.05, 3.63) is 80.8 Å². The van der Waals surface area contributed by atoms with Crippen LogP contribution in [0.5, 0.6) is 0 Å². The molecule has 0 saturated carbocycles. The number of ether oxygens (including phenoxy) is 1. The fourth-order valence-corrected chi connectivity index (χ4v) is 3.55. The molecule has 2 aromatic carbocycles. The number of nitro groups is 1. The first-order valence-electron chi connectivity index (χ1n) is 8.64. The summed E-state index contributed by atoms with van der Waals surface area (Å²) in [6.45, 7) is 3.34. The summed E-state index contributed by atoms with van der Waals surface area (Å²) in [5.41, 5.74) is 2.25. The summed E-state index contributed by atoms with van der Waals surface area (Å²) in [6, 6.07) is 9.82. The standard InChI is InChI=1S/C20H18FN3O4S/c1-11-4-7-15(10-16(11)21)23-12(2)17(19(25)28-3)18(22-20(23)29)13-5-8-14(9-6-13)24(26)27/h4-10,18H,1-3H3,(H,22,29)/t18-/m1/s1. The molecule has 150 valence electrons. The van der Waals surface area contributed by atoms with E-state index in [-0.39, 0.29) is 16.4 Å². The SMILES string of the molecule is COC(=O)C1=C(C)N(c2ccc(C)c(F)c2)C(=S)N[C@@H]1c1ccc([N+](=O)[O-])cc1. The van der Waals surface area contributed by atoms with E-state index in [0.29, 0.717) is 22.5 Å². The van der Waals surface area contributed by atoms with E-state index in [9.17, 15) is 19.3 Å². The van der Waals surface area contributed by atoms with Gasteiger partial charge in [0.2, 0.25) is 0 Å². The lowest BCUT2D eigenvalue weighted by Crippen LogP contribution is -2.48. The second kappa shape index (κ2) is 7.96. The number of hydrogen-bond donors (Lipinski definition) is 1. The number of nitro benzene ring substituents is 1. The predicted molar refractivity (Wildman–Crippen MR) is 110 cm³/mol. The third-order valence-corrected chi connectivity index (χ3v) is 5.04. The highest BCUT2D eigenvalue weighted by atomic mass is 32.1. The Balaban J connectivity index is 2.11. The maximum absolute atomic E-state index is 14.1. The molecule has 0 aliphatic carbocycles. The molecule has 0 bridgehead atoms. The van der Waals surface area contributed by atoms with Crippen molar-refractivity contribution in [2.24, 2.45) is 0 Å². The van der Waals surface area contributed by atoms with Crippen molar-refractivity contribution in [2.75, 3.05) is 12.0 Å². The smallest absolute Gasteiger partial charge is 0.337 e. The summed E-state index contributed by atoms with van der Waals surface area (Å²) >= 11 is 5.48. The van der Waals surface area contributed by atoms with Crippen LogP contribution in [0.1, 0.15) is 24.1 Å². The number of allylic oxidation sites excluding steroid dienone is 1. The summed E-state index contributed by atoms with van der Waals surface area (Å²) in [5.74, 6) is -0.978. The van der Waals surface area contributed by atoms with Crippen LogP contribution >= 0.6 is 12.2 Å². The second-order valence-electron chi connectivity index (χ2n) is 6.49. The van der Waals surface area contributed by atoms with Crippen LogP contribution in [-0.2, 0) is 9.53 Å². The number of benzene rings is 2. The number of carbonyl (C=O) groups excluding carboxylic acids is 1. The van der Waals surface area contributed by atoms with Crippen molar-refractivity contribution in [1.29, 1.82) is 0 Å². The zero-order valence-corrected chi connectivity index (χ0v) is 16.7. The zero-order chi connectivity index (χ0) is 21.3. The van der Waals surface area contributed by atoms with Gasteiger partial charge < -0.3 is 10.1 Å². The van der Waals surface area contributed by atoms with Crippen molar-refractivity contribution in [3.63, 3.8) is 0 Å². The van der Waals surface area contributed by atoms with Gasteiger partial charge in [0.15, 0.2) is 5.11 Å². The molecule has 1 heterocycles. The van der Waals surface area contributed by atoms with Gasteiger partial charge in [0.05, 0.1) is 29.3 Å². The molecule has 1 N–H and O–H groups in total. The number of esters is 1. The van der Waals surface area contributed by atoms with Gasteiger partial charge in [0.25, 0.3) is 5.69 Å². The van der Waals surface area contributed by atoms with E-state index in [1.54, 1.807) is 43.0 Å². The third kappa shape index (κ3) is 3.81. The van der Waals surface area contributed by atoms with Crippen LogP contribution in [0.25, 0.3) is 0 Å². The molecule has 0 radical (unpaired) electrons. The predicted octanol–water partition coefficient (Wildman–Crippen LogP) is 3.93. The topological polar surface area (TPSA) is 84.7 Å². The molecule has 9 heteroatoms. The molecule has 1 aliphatic heterocycles. The minimum atomic E-state index is -0.665. The summed E-state index contributed by atoms with van der Waals surface area (Å²) in [7, 11) is 1.26. The Labute approximate surface area is 171 Å². The quantitative estimate of drug-likeness (QED) is 0.351. The number of nitrogens with zero attached hydrogens (tertiary/aromatic N) is 2. The number of carbonyl (C=O) groups is 1. The summed E-state index contributed by atoms with van der Waals surface area (Å²) in [4.78, 5) is 24.5. The van der Waals surface area contributed by atoms with Gasteiger partial charge >= 0.3 is 5.97 Å².